The van der Waals surface area contributed by atoms with Crippen molar-refractivity contribution >= 4 is 83.6 Å². The van der Waals surface area contributed by atoms with Crippen LogP contribution in [0.15, 0.2) is 182 Å². The van der Waals surface area contributed by atoms with Gasteiger partial charge in [0.05, 0.1) is 5.38 Å². The van der Waals surface area contributed by atoms with Gasteiger partial charge in [-0.25, -0.2) is 0 Å². The maximum absolute atomic E-state index is 11.8. The molecule has 786 valence electrons. The third-order valence-corrected chi connectivity index (χ3v) is 55.1. The van der Waals surface area contributed by atoms with Crippen LogP contribution in [0.25, 0.3) is 0 Å². The lowest BCUT2D eigenvalue weighted by Gasteiger charge is -2.52. The van der Waals surface area contributed by atoms with Gasteiger partial charge in [0.15, 0.2) is 0 Å². The summed E-state index contributed by atoms with van der Waals surface area (Å²) in [5, 5.41) is 9.03. The first kappa shape index (κ1) is 128. The molecule has 4 saturated heterocycles. The van der Waals surface area contributed by atoms with Crippen LogP contribution in [0.4, 0.5) is 0 Å². The van der Waals surface area contributed by atoms with Gasteiger partial charge < -0.3 is 39.9 Å². The first-order chi connectivity index (χ1) is 65.5. The minimum atomic E-state index is -2.50. The third kappa shape index (κ3) is 40.6. The van der Waals surface area contributed by atoms with Crippen LogP contribution in [0, 0.1) is 34.6 Å². The quantitative estimate of drug-likeness (QED) is 0.0270. The predicted molar refractivity (Wildman–Crippen MR) is 598 cm³/mol. The van der Waals surface area contributed by atoms with Crippen molar-refractivity contribution in [3.05, 3.63) is 249 Å². The molecule has 140 heavy (non-hydrogen) atoms. The van der Waals surface area contributed by atoms with Crippen LogP contribution in [0.5, 0.6) is 0 Å². The average Bonchev–Trinajstić information content (AvgIpc) is 0.775. The van der Waals surface area contributed by atoms with Crippen LogP contribution in [-0.2, 0) is 65.7 Å². The van der Waals surface area contributed by atoms with Crippen molar-refractivity contribution in [1.29, 1.82) is 0 Å². The van der Waals surface area contributed by atoms with E-state index in [9.17, 15) is 13.4 Å². The smallest absolute Gasteiger partial charge is 0.384 e. The summed E-state index contributed by atoms with van der Waals surface area (Å²) in [4.78, 5) is 26.0. The first-order valence-electron chi connectivity index (χ1n) is 51.4. The predicted octanol–water partition coefficient (Wildman–Crippen LogP) is 31.4. The van der Waals surface area contributed by atoms with Crippen molar-refractivity contribution in [3.8, 4) is 0 Å². The van der Waals surface area contributed by atoms with Gasteiger partial charge in [-0.15, -0.1) is 34.8 Å². The second-order valence-electron chi connectivity index (χ2n) is 44.0. The van der Waals surface area contributed by atoms with Gasteiger partial charge in [-0.05, 0) is 364 Å². The zero-order valence-corrected chi connectivity index (χ0v) is 102. The Balaban J connectivity index is 0.000000340. The number of hydrogen-bond acceptors (Lipinski definition) is 17. The molecule has 0 saturated carbocycles. The highest BCUT2D eigenvalue weighted by atomic mass is 35.5. The molecular formula is C114H187Cl3N4O13Si6. The molecule has 4 heterocycles. The molecule has 4 fully saturated rings. The molecule has 0 N–H and O–H groups in total. The number of halogens is 3. The van der Waals surface area contributed by atoms with E-state index in [4.69, 9.17) is 80.7 Å². The van der Waals surface area contributed by atoms with Gasteiger partial charge in [0.1, 0.15) is 24.4 Å². The van der Waals surface area contributed by atoms with Crippen LogP contribution in [0.2, 0.25) is 37.8 Å². The molecule has 11 rings (SSSR count). The summed E-state index contributed by atoms with van der Waals surface area (Å²) >= 11 is 17.5. The Morgan fingerprint density at radius 1 is 0.321 bits per heavy atom. The fourth-order valence-corrected chi connectivity index (χ4v) is 37.0. The molecule has 0 aliphatic carbocycles. The van der Waals surface area contributed by atoms with Gasteiger partial charge in [-0.3, -0.25) is 19.4 Å². The molecule has 17 nitrogen and oxygen atoms in total. The number of benzene rings is 7. The lowest BCUT2D eigenvalue weighted by atomic mass is 9.82. The van der Waals surface area contributed by atoms with Crippen LogP contribution < -0.4 is 0 Å². The Bertz CT molecular complexity index is 4360. The highest BCUT2D eigenvalue weighted by Crippen LogP contribution is 2.46. The van der Waals surface area contributed by atoms with Crippen molar-refractivity contribution < 1.29 is 59.3 Å². The summed E-state index contributed by atoms with van der Waals surface area (Å²) < 4.78 is 66.5. The van der Waals surface area contributed by atoms with Crippen LogP contribution in [-0.4, -0.2) is 168 Å². The maximum Gasteiger partial charge on any atom is 0.384 e. The number of nitrogens with zero attached hydrogens (tertiary/aromatic N) is 4. The van der Waals surface area contributed by atoms with Crippen LogP contribution in [0.3, 0.4) is 0 Å². The Morgan fingerprint density at radius 2 is 0.550 bits per heavy atom. The van der Waals surface area contributed by atoms with E-state index in [2.05, 4.69) is 352 Å². The Hall–Kier alpha value is -4.45. The summed E-state index contributed by atoms with van der Waals surface area (Å²) in [5.41, 5.74) is 16.1. The molecule has 0 radical (unpaired) electrons. The molecule has 26 heteroatoms. The fourth-order valence-electron chi connectivity index (χ4n) is 19.6. The summed E-state index contributed by atoms with van der Waals surface area (Å²) in [5.74, 6) is 1.56. The van der Waals surface area contributed by atoms with Crippen molar-refractivity contribution in [3.63, 3.8) is 0 Å². The molecule has 0 aromatic heterocycles. The number of piperidine rings is 4. The Kier molecular flexibility index (Phi) is 55.0. The van der Waals surface area contributed by atoms with Gasteiger partial charge in [-0.1, -0.05) is 224 Å². The molecule has 4 aliphatic rings. The molecule has 0 amide bonds. The summed E-state index contributed by atoms with van der Waals surface area (Å²) in [6, 6.07) is 66.4. The monoisotopic (exact) mass is 2090 g/mol. The molecule has 7 aromatic rings. The van der Waals surface area contributed by atoms with E-state index in [-0.39, 0.29) is 74.1 Å². The summed E-state index contributed by atoms with van der Waals surface area (Å²) in [7, 11) is -3.05. The fraction of sp³-hybridized carbons (Fsp3) is 0.632. The Morgan fingerprint density at radius 3 is 0.786 bits per heavy atom. The van der Waals surface area contributed by atoms with Gasteiger partial charge in [0.2, 0.25) is 0 Å². The van der Waals surface area contributed by atoms with Crippen LogP contribution >= 0.6 is 34.8 Å². The number of hydrogen-bond donors (Lipinski definition) is 0. The van der Waals surface area contributed by atoms with Crippen LogP contribution in [0.1, 0.15) is 357 Å². The molecule has 6 atom stereocenters. The van der Waals surface area contributed by atoms with E-state index in [1.54, 1.807) is 62.3 Å². The van der Waals surface area contributed by atoms with Gasteiger partial charge in [0, 0.05) is 98.7 Å². The van der Waals surface area contributed by atoms with Gasteiger partial charge in [0.25, 0.3) is 0 Å². The maximum atomic E-state index is 11.8. The van der Waals surface area contributed by atoms with E-state index in [0.717, 1.165) is 62.2 Å². The largest absolute Gasteiger partial charge is 0.396 e. The Labute approximate surface area is 873 Å². The number of aryl methyl sites for hydroxylation is 6. The number of alkyl halides is 3. The topological polar surface area (TPSA) is 156 Å². The second-order valence-corrected chi connectivity index (χ2v) is 70.2. The molecule has 7 aromatic carbocycles. The SMILES string of the molecule is CCc1ccc(C)cc1.CO[Si](CCCC(Cl)c1ccccc1)(OC)[Si](C)=O.CO[Si](CCCCl)(OC)[Si](C)=O.CO[Si](CCCCl)(OC)[Si](C)=O.Cc1ccc(C(C)CC(ON2C(C)(C)CCCC2(C)C)c2ccccc2)cc1.Cc1ccc(C(C)ON2C(C)(C)CCCC2(C)C)cc1.Cc1ccc(C(C)ON2C(C)(C)CCCC2(C)C)cc1.Cc1ccc(C(C)ON2C(C)(C)CCCC2(C)C)cc1. The molecule has 6 unspecified atom stereocenters. The normalized spacial score (nSPS) is 18.7. The number of hydroxylamine groups is 8. The standard InChI is InChI=1S/C26H37NO.3C18H29NO.C13H21ClO3Si2.C9H12.2C6H15ClO3Si2/c1-20-13-15-22(16-14-20)21(2)19-24(23-11-8-7-9-12-23)28-27-25(3,4)17-10-18-26(27,5)6;3*1-14-8-10-16(11-9-14)15(2)20-19-17(3,4)12-7-13-18(19,5)6;1-16-19(17-2,18(3)15)11-7-10-13(14)12-8-5-4-6-9-12;1-3-9-6-4-8(2)5-7-9;2*1-9-12(10-2,11(3)8)6-4-5-7/h7-9,11-16,21,24H,10,17-19H2,1-6H3;3*8-11,15H,7,12-13H2,1-6H3;4-6,8-9,13H,7,10-11H2,1-3H3;4-7H,3H2,1-2H3;2*4-6H2,1-3H3. The van der Waals surface area contributed by atoms with Crippen molar-refractivity contribution in [2.75, 3.05) is 54.4 Å². The average molecular weight is 2100 g/mol. The van der Waals surface area contributed by atoms with Gasteiger partial charge in [-0.2, -0.15) is 20.3 Å². The van der Waals surface area contributed by atoms with E-state index in [1.807, 2.05) is 30.3 Å². The molecular weight excluding hydrogens is 1910 g/mol. The van der Waals surface area contributed by atoms with Crippen molar-refractivity contribution in [1.82, 2.24) is 20.3 Å². The zero-order chi connectivity index (χ0) is 105. The van der Waals surface area contributed by atoms with E-state index >= 15 is 0 Å². The van der Waals surface area contributed by atoms with Crippen molar-refractivity contribution in [2.24, 2.45) is 0 Å². The lowest BCUT2D eigenvalue weighted by Crippen LogP contribution is -2.58. The highest BCUT2D eigenvalue weighted by molar-refractivity contribution is 7.21. The van der Waals surface area contributed by atoms with E-state index in [1.165, 1.54) is 138 Å². The minimum Gasteiger partial charge on any atom is -0.396 e. The zero-order valence-electron chi connectivity index (χ0n) is 93.3. The first-order valence-corrected chi connectivity index (χ1v) is 67.7. The molecule has 4 aliphatic heterocycles. The van der Waals surface area contributed by atoms with Crippen molar-refractivity contribution in [2.45, 2.75) is 413 Å². The highest BCUT2D eigenvalue weighted by Gasteiger charge is 2.50. The molecule has 0 spiro atoms. The summed E-state index contributed by atoms with van der Waals surface area (Å²) in [6.45, 7) is 63.4. The summed E-state index contributed by atoms with van der Waals surface area (Å²) in [6.07, 6.45) is 20.3. The molecule has 0 bridgehead atoms. The lowest BCUT2D eigenvalue weighted by molar-refractivity contribution is -0.308. The number of rotatable bonds is 36. The second kappa shape index (κ2) is 60.3. The third-order valence-electron chi connectivity index (χ3n) is 28.3. The van der Waals surface area contributed by atoms with Gasteiger partial charge >= 0.3 is 48.8 Å². The van der Waals surface area contributed by atoms with E-state index in [0.29, 0.717) is 17.7 Å². The van der Waals surface area contributed by atoms with E-state index < -0.39 is 48.8 Å². The minimum absolute atomic E-state index is 0.0132.